The van der Waals surface area contributed by atoms with Crippen molar-refractivity contribution in [1.82, 2.24) is 5.32 Å². The van der Waals surface area contributed by atoms with E-state index in [1.807, 2.05) is 37.3 Å². The molecule has 0 aliphatic heterocycles. The summed E-state index contributed by atoms with van der Waals surface area (Å²) in [6.07, 6.45) is 3.99. The highest BCUT2D eigenvalue weighted by atomic mass is 16.4. The quantitative estimate of drug-likeness (QED) is 0.868. The number of hydrogen-bond donors (Lipinski definition) is 2. The van der Waals surface area contributed by atoms with E-state index in [4.69, 9.17) is 4.42 Å². The summed E-state index contributed by atoms with van der Waals surface area (Å²) in [6, 6.07) is 9.30. The van der Waals surface area contributed by atoms with Gasteiger partial charge in [-0.2, -0.15) is 0 Å². The molecule has 1 aliphatic carbocycles. The van der Waals surface area contributed by atoms with Crippen molar-refractivity contribution in [1.29, 1.82) is 0 Å². The van der Waals surface area contributed by atoms with Crippen molar-refractivity contribution in [3.8, 4) is 0 Å². The van der Waals surface area contributed by atoms with Gasteiger partial charge in [-0.05, 0) is 31.9 Å². The lowest BCUT2D eigenvalue weighted by atomic mass is 9.71. The summed E-state index contributed by atoms with van der Waals surface area (Å²) in [4.78, 5) is 24.1. The van der Waals surface area contributed by atoms with Crippen molar-refractivity contribution in [3.63, 3.8) is 0 Å². The van der Waals surface area contributed by atoms with E-state index in [0.29, 0.717) is 18.6 Å². The first kappa shape index (κ1) is 16.6. The average molecular weight is 329 g/mol. The molecule has 2 aromatic rings. The summed E-state index contributed by atoms with van der Waals surface area (Å²) >= 11 is 0. The van der Waals surface area contributed by atoms with Crippen LogP contribution in [-0.4, -0.2) is 17.0 Å². The van der Waals surface area contributed by atoms with E-state index in [2.05, 4.69) is 5.32 Å². The van der Waals surface area contributed by atoms with Crippen LogP contribution >= 0.6 is 0 Å². The number of furan rings is 1. The number of fused-ring (bicyclic) bond motifs is 1. The fourth-order valence-electron chi connectivity index (χ4n) is 3.58. The monoisotopic (exact) mass is 329 g/mol. The number of aliphatic carboxylic acids is 1. The van der Waals surface area contributed by atoms with Gasteiger partial charge in [0.2, 0.25) is 5.91 Å². The third-order valence-corrected chi connectivity index (χ3v) is 5.01. The Kier molecular flexibility index (Phi) is 4.60. The van der Waals surface area contributed by atoms with Crippen LogP contribution in [-0.2, 0) is 9.59 Å². The minimum absolute atomic E-state index is 0.0346. The van der Waals surface area contributed by atoms with Gasteiger partial charge in [-0.3, -0.25) is 9.59 Å². The van der Waals surface area contributed by atoms with Crippen molar-refractivity contribution in [2.24, 2.45) is 5.41 Å². The Hall–Kier alpha value is -2.30. The standard InChI is InChI=1S/C19H23NO4/c1-13(16-11-14-7-3-4-8-15(14)24-16)20-17(21)12-19(18(22)23)9-5-2-6-10-19/h3-4,7-8,11,13H,2,5-6,9-10,12H2,1H3,(H,20,21)(H,22,23). The Labute approximate surface area is 141 Å². The molecule has 1 unspecified atom stereocenters. The van der Waals surface area contributed by atoms with Gasteiger partial charge in [-0.15, -0.1) is 0 Å². The Balaban J connectivity index is 1.68. The minimum atomic E-state index is -0.907. The first-order valence-electron chi connectivity index (χ1n) is 8.51. The number of carboxylic acids is 1. The van der Waals surface area contributed by atoms with Crippen LogP contribution in [0.5, 0.6) is 0 Å². The molecule has 1 aromatic carbocycles. The van der Waals surface area contributed by atoms with Crippen LogP contribution in [0.3, 0.4) is 0 Å². The first-order chi connectivity index (χ1) is 11.5. The molecule has 1 heterocycles. The predicted molar refractivity (Wildman–Crippen MR) is 90.5 cm³/mol. The number of benzene rings is 1. The van der Waals surface area contributed by atoms with Crippen molar-refractivity contribution >= 4 is 22.8 Å². The number of carbonyl (C=O) groups is 2. The Morgan fingerprint density at radius 1 is 1.25 bits per heavy atom. The zero-order valence-electron chi connectivity index (χ0n) is 13.9. The van der Waals surface area contributed by atoms with Crippen molar-refractivity contribution in [3.05, 3.63) is 36.1 Å². The summed E-state index contributed by atoms with van der Waals surface area (Å²) in [5.74, 6) is -0.404. The predicted octanol–water partition coefficient (Wildman–Crippen LogP) is 4.04. The normalized spacial score (nSPS) is 18.2. The summed E-state index contributed by atoms with van der Waals surface area (Å²) in [5.41, 5.74) is -0.126. The number of nitrogens with one attached hydrogen (secondary N) is 1. The van der Waals surface area contributed by atoms with Crippen LogP contribution < -0.4 is 5.32 Å². The van der Waals surface area contributed by atoms with Crippen LogP contribution in [0.25, 0.3) is 11.0 Å². The molecule has 0 spiro atoms. The summed E-state index contributed by atoms with van der Waals surface area (Å²) in [6.45, 7) is 1.85. The molecule has 3 rings (SSSR count). The van der Waals surface area contributed by atoms with Crippen molar-refractivity contribution in [2.75, 3.05) is 0 Å². The molecular formula is C19H23NO4. The zero-order chi connectivity index (χ0) is 17.2. The van der Waals surface area contributed by atoms with Crippen LogP contribution in [0.2, 0.25) is 0 Å². The number of amides is 1. The second kappa shape index (κ2) is 6.67. The maximum atomic E-state index is 12.4. The maximum Gasteiger partial charge on any atom is 0.310 e. The molecule has 24 heavy (non-hydrogen) atoms. The molecule has 1 amide bonds. The van der Waals surface area contributed by atoms with Gasteiger partial charge in [0, 0.05) is 11.8 Å². The number of carboxylic acid groups (broad SMARTS) is 1. The Morgan fingerprint density at radius 3 is 2.62 bits per heavy atom. The van der Waals surface area contributed by atoms with E-state index >= 15 is 0 Å². The van der Waals surface area contributed by atoms with Gasteiger partial charge in [-0.25, -0.2) is 0 Å². The third kappa shape index (κ3) is 3.30. The van der Waals surface area contributed by atoms with Crippen LogP contribution in [0, 0.1) is 5.41 Å². The summed E-state index contributed by atoms with van der Waals surface area (Å²) < 4.78 is 5.76. The molecule has 1 saturated carbocycles. The fraction of sp³-hybridized carbons (Fsp3) is 0.474. The van der Waals surface area contributed by atoms with Crippen LogP contribution in [0.1, 0.15) is 57.3 Å². The largest absolute Gasteiger partial charge is 0.481 e. The molecule has 128 valence electrons. The molecule has 5 nitrogen and oxygen atoms in total. The van der Waals surface area contributed by atoms with Crippen LogP contribution in [0.15, 0.2) is 34.7 Å². The number of para-hydroxylation sites is 1. The SMILES string of the molecule is CC(NC(=O)CC1(C(=O)O)CCCCC1)c1cc2ccccc2o1. The Bertz CT molecular complexity index is 710. The topological polar surface area (TPSA) is 79.5 Å². The lowest BCUT2D eigenvalue weighted by molar-refractivity contribution is -0.154. The minimum Gasteiger partial charge on any atom is -0.481 e. The fourth-order valence-corrected chi connectivity index (χ4v) is 3.58. The highest BCUT2D eigenvalue weighted by Crippen LogP contribution is 2.39. The molecule has 0 saturated heterocycles. The lowest BCUT2D eigenvalue weighted by Crippen LogP contribution is -2.39. The van der Waals surface area contributed by atoms with Gasteiger partial charge in [-0.1, -0.05) is 37.5 Å². The van der Waals surface area contributed by atoms with Gasteiger partial charge in [0.05, 0.1) is 11.5 Å². The van der Waals surface area contributed by atoms with Gasteiger partial charge < -0.3 is 14.8 Å². The van der Waals surface area contributed by atoms with E-state index in [1.165, 1.54) is 0 Å². The molecule has 5 heteroatoms. The Morgan fingerprint density at radius 2 is 1.96 bits per heavy atom. The number of hydrogen-bond acceptors (Lipinski definition) is 3. The molecule has 2 N–H and O–H groups in total. The number of rotatable bonds is 5. The molecule has 1 fully saturated rings. The van der Waals surface area contributed by atoms with E-state index in [1.54, 1.807) is 0 Å². The second-order valence-electron chi connectivity index (χ2n) is 6.80. The molecule has 0 bridgehead atoms. The zero-order valence-corrected chi connectivity index (χ0v) is 13.9. The molecule has 0 radical (unpaired) electrons. The van der Waals surface area contributed by atoms with Crippen LogP contribution in [0.4, 0.5) is 0 Å². The average Bonchev–Trinajstić information content (AvgIpc) is 2.99. The maximum absolute atomic E-state index is 12.4. The summed E-state index contributed by atoms with van der Waals surface area (Å²) in [5, 5.41) is 13.5. The van der Waals surface area contributed by atoms with Gasteiger partial charge in [0.1, 0.15) is 11.3 Å². The number of carbonyl (C=O) groups excluding carboxylic acids is 1. The molecule has 1 atom stereocenters. The van der Waals surface area contributed by atoms with E-state index in [9.17, 15) is 14.7 Å². The highest BCUT2D eigenvalue weighted by molar-refractivity contribution is 5.85. The highest BCUT2D eigenvalue weighted by Gasteiger charge is 2.41. The summed E-state index contributed by atoms with van der Waals surface area (Å²) in [7, 11) is 0. The molecule has 1 aromatic heterocycles. The van der Waals surface area contributed by atoms with Gasteiger partial charge in [0.25, 0.3) is 0 Å². The second-order valence-corrected chi connectivity index (χ2v) is 6.80. The smallest absolute Gasteiger partial charge is 0.310 e. The lowest BCUT2D eigenvalue weighted by Gasteiger charge is -2.32. The van der Waals surface area contributed by atoms with E-state index in [0.717, 1.165) is 30.2 Å². The first-order valence-corrected chi connectivity index (χ1v) is 8.51. The van der Waals surface area contributed by atoms with Gasteiger partial charge in [0.15, 0.2) is 0 Å². The van der Waals surface area contributed by atoms with E-state index in [-0.39, 0.29) is 18.4 Å². The molecular weight excluding hydrogens is 306 g/mol. The van der Waals surface area contributed by atoms with Crippen molar-refractivity contribution < 1.29 is 19.1 Å². The van der Waals surface area contributed by atoms with Gasteiger partial charge >= 0.3 is 5.97 Å². The molecule has 1 aliphatic rings. The third-order valence-electron chi connectivity index (χ3n) is 5.01. The van der Waals surface area contributed by atoms with Crippen molar-refractivity contribution in [2.45, 2.75) is 51.5 Å². The van der Waals surface area contributed by atoms with E-state index < -0.39 is 11.4 Å².